The molecule has 1 aliphatic rings. The molecule has 8 nitrogen and oxygen atoms in total. The van der Waals surface area contributed by atoms with Crippen molar-refractivity contribution in [2.45, 2.75) is 24.4 Å². The summed E-state index contributed by atoms with van der Waals surface area (Å²) >= 11 is 1.80. The number of nitrogens with zero attached hydrogens (tertiary/aromatic N) is 3. The number of aromatic nitrogens is 3. The van der Waals surface area contributed by atoms with Crippen LogP contribution >= 0.6 is 24.1 Å². The van der Waals surface area contributed by atoms with E-state index in [1.54, 1.807) is 6.26 Å². The standard InChI is InChI=1S/C10H14F2N4O4S2/c1-21-18-3-5-6(20-22-2)10(11,12)7(19-5)16-4-14-8(13)15-9(16)17/h4-7H,3H2,1-2H3,(H2,13,15,17)/t5-,6+,7-/m1/s1. The van der Waals surface area contributed by atoms with Crippen molar-refractivity contribution >= 4 is 30.0 Å². The molecule has 2 N–H and O–H groups in total. The Kier molecular flexibility index (Phi) is 5.60. The van der Waals surface area contributed by atoms with E-state index in [0.717, 1.165) is 30.4 Å². The van der Waals surface area contributed by atoms with Crippen LogP contribution in [-0.2, 0) is 13.1 Å². The van der Waals surface area contributed by atoms with Crippen LogP contribution in [0, 0.1) is 0 Å². The monoisotopic (exact) mass is 356 g/mol. The minimum Gasteiger partial charge on any atom is -0.368 e. The van der Waals surface area contributed by atoms with Crippen LogP contribution in [0.3, 0.4) is 0 Å². The Morgan fingerprint density at radius 1 is 1.50 bits per heavy atom. The van der Waals surface area contributed by atoms with Crippen molar-refractivity contribution in [3.05, 3.63) is 16.8 Å². The largest absolute Gasteiger partial charge is 0.368 e. The molecule has 1 aliphatic heterocycles. The van der Waals surface area contributed by atoms with Gasteiger partial charge in [-0.25, -0.2) is 14.3 Å². The van der Waals surface area contributed by atoms with Gasteiger partial charge in [-0.05, 0) is 24.1 Å². The molecule has 3 atom stereocenters. The van der Waals surface area contributed by atoms with Gasteiger partial charge in [0.25, 0.3) is 0 Å². The minimum absolute atomic E-state index is 0.122. The lowest BCUT2D eigenvalue weighted by atomic mass is 10.1. The number of rotatable bonds is 6. The van der Waals surface area contributed by atoms with Gasteiger partial charge in [0.1, 0.15) is 12.4 Å². The van der Waals surface area contributed by atoms with Crippen LogP contribution in [0.5, 0.6) is 0 Å². The topological polar surface area (TPSA) is 101 Å². The van der Waals surface area contributed by atoms with E-state index in [1.807, 2.05) is 0 Å². The summed E-state index contributed by atoms with van der Waals surface area (Å²) in [5.74, 6) is -3.78. The summed E-state index contributed by atoms with van der Waals surface area (Å²) in [5, 5.41) is 0. The van der Waals surface area contributed by atoms with Crippen LogP contribution in [-0.4, -0.2) is 51.8 Å². The summed E-state index contributed by atoms with van der Waals surface area (Å²) in [5.41, 5.74) is 4.27. The summed E-state index contributed by atoms with van der Waals surface area (Å²) in [7, 11) is 0. The molecule has 0 spiro atoms. The lowest BCUT2D eigenvalue weighted by Crippen LogP contribution is -2.42. The number of hydrogen-bond donors (Lipinski definition) is 1. The average Bonchev–Trinajstić information content (AvgIpc) is 2.69. The van der Waals surface area contributed by atoms with Crippen molar-refractivity contribution in [2.75, 3.05) is 24.9 Å². The zero-order valence-corrected chi connectivity index (χ0v) is 13.3. The summed E-state index contributed by atoms with van der Waals surface area (Å²) in [4.78, 5) is 18.6. The summed E-state index contributed by atoms with van der Waals surface area (Å²) in [6.07, 6.45) is -0.500. The van der Waals surface area contributed by atoms with Gasteiger partial charge in [0, 0.05) is 12.5 Å². The first kappa shape index (κ1) is 17.4. The van der Waals surface area contributed by atoms with Gasteiger partial charge in [0.2, 0.25) is 12.2 Å². The van der Waals surface area contributed by atoms with Crippen molar-refractivity contribution in [1.82, 2.24) is 14.5 Å². The molecule has 12 heteroatoms. The fourth-order valence-electron chi connectivity index (χ4n) is 1.97. The first-order valence-corrected chi connectivity index (χ1v) is 8.30. The van der Waals surface area contributed by atoms with Crippen molar-refractivity contribution < 1.29 is 21.9 Å². The second-order valence-electron chi connectivity index (χ2n) is 4.24. The highest BCUT2D eigenvalue weighted by atomic mass is 32.2. The molecule has 1 aromatic rings. The van der Waals surface area contributed by atoms with E-state index < -0.39 is 30.0 Å². The van der Waals surface area contributed by atoms with E-state index in [-0.39, 0.29) is 12.6 Å². The van der Waals surface area contributed by atoms with Crippen molar-refractivity contribution in [3.8, 4) is 0 Å². The molecule has 1 fully saturated rings. The maximum atomic E-state index is 14.5. The molecule has 2 heterocycles. The third-order valence-corrected chi connectivity index (χ3v) is 3.67. The van der Waals surface area contributed by atoms with E-state index in [0.29, 0.717) is 4.57 Å². The van der Waals surface area contributed by atoms with E-state index >= 15 is 0 Å². The first-order valence-electron chi connectivity index (χ1n) is 6.00. The van der Waals surface area contributed by atoms with Gasteiger partial charge in [-0.2, -0.15) is 13.8 Å². The predicted octanol–water partition coefficient (Wildman–Crippen LogP) is 0.711. The number of anilines is 1. The Bertz CT molecular complexity index is 576. The second-order valence-corrected chi connectivity index (χ2v) is 5.34. The number of hydrogen-bond acceptors (Lipinski definition) is 9. The summed E-state index contributed by atoms with van der Waals surface area (Å²) in [6, 6.07) is 0. The molecule has 0 aromatic carbocycles. The number of ether oxygens (including phenoxy) is 1. The van der Waals surface area contributed by atoms with Crippen molar-refractivity contribution in [3.63, 3.8) is 0 Å². The third-order valence-electron chi connectivity index (χ3n) is 2.90. The Labute approximate surface area is 133 Å². The van der Waals surface area contributed by atoms with Gasteiger partial charge >= 0.3 is 11.6 Å². The van der Waals surface area contributed by atoms with Crippen LogP contribution < -0.4 is 11.4 Å². The average molecular weight is 356 g/mol. The number of nitrogen functional groups attached to an aromatic ring is 1. The molecule has 0 unspecified atom stereocenters. The Morgan fingerprint density at radius 3 is 2.82 bits per heavy atom. The number of halogens is 2. The van der Waals surface area contributed by atoms with E-state index in [2.05, 4.69) is 9.97 Å². The molecule has 0 bridgehead atoms. The van der Waals surface area contributed by atoms with Gasteiger partial charge < -0.3 is 18.8 Å². The SMILES string of the molecule is CSOC[C@H]1O[C@@H](n2cnc(N)nc2=O)C(F)(F)[C@H]1OSC. The zero-order valence-electron chi connectivity index (χ0n) is 11.6. The molecule has 1 aromatic heterocycles. The van der Waals surface area contributed by atoms with Crippen LogP contribution in [0.2, 0.25) is 0 Å². The quantitative estimate of drug-likeness (QED) is 0.738. The lowest BCUT2D eigenvalue weighted by Gasteiger charge is -2.22. The molecule has 2 rings (SSSR count). The van der Waals surface area contributed by atoms with Gasteiger partial charge in [-0.3, -0.25) is 0 Å². The van der Waals surface area contributed by atoms with Gasteiger partial charge in [-0.15, -0.1) is 0 Å². The molecular formula is C10H14F2N4O4S2. The van der Waals surface area contributed by atoms with Crippen LogP contribution in [0.4, 0.5) is 14.7 Å². The molecule has 124 valence electrons. The molecule has 0 saturated carbocycles. The van der Waals surface area contributed by atoms with Crippen molar-refractivity contribution in [2.24, 2.45) is 0 Å². The maximum Gasteiger partial charge on any atom is 0.354 e. The Morgan fingerprint density at radius 2 is 2.23 bits per heavy atom. The molecule has 0 radical (unpaired) electrons. The molecule has 1 saturated heterocycles. The fourth-order valence-corrected chi connectivity index (χ4v) is 2.70. The maximum absolute atomic E-state index is 14.5. The highest BCUT2D eigenvalue weighted by molar-refractivity contribution is 7.94. The smallest absolute Gasteiger partial charge is 0.354 e. The van der Waals surface area contributed by atoms with Crippen molar-refractivity contribution in [1.29, 1.82) is 0 Å². The normalized spacial score (nSPS) is 27.2. The summed E-state index contributed by atoms with van der Waals surface area (Å²) in [6.45, 7) is -0.122. The van der Waals surface area contributed by atoms with Gasteiger partial charge in [0.05, 0.1) is 6.61 Å². The van der Waals surface area contributed by atoms with Crippen LogP contribution in [0.25, 0.3) is 0 Å². The first-order chi connectivity index (χ1) is 10.4. The highest BCUT2D eigenvalue weighted by Gasteiger charge is 2.61. The van der Waals surface area contributed by atoms with E-state index in [4.69, 9.17) is 18.8 Å². The van der Waals surface area contributed by atoms with E-state index in [1.165, 1.54) is 6.26 Å². The minimum atomic E-state index is -3.47. The number of nitrogens with two attached hydrogens (primary N) is 1. The highest BCUT2D eigenvalue weighted by Crippen LogP contribution is 2.45. The van der Waals surface area contributed by atoms with E-state index in [9.17, 15) is 13.6 Å². The number of alkyl halides is 2. The molecule has 0 aliphatic carbocycles. The van der Waals surface area contributed by atoms with Gasteiger partial charge in [-0.1, -0.05) is 0 Å². The van der Waals surface area contributed by atoms with Crippen LogP contribution in [0.15, 0.2) is 11.1 Å². The molecule has 0 amide bonds. The fraction of sp³-hybridized carbons (Fsp3) is 0.700. The van der Waals surface area contributed by atoms with Crippen LogP contribution in [0.1, 0.15) is 6.23 Å². The summed E-state index contributed by atoms with van der Waals surface area (Å²) < 4.78 is 45.0. The van der Waals surface area contributed by atoms with Gasteiger partial charge in [0.15, 0.2) is 6.10 Å². The predicted molar refractivity (Wildman–Crippen MR) is 77.4 cm³/mol. The third kappa shape index (κ3) is 3.35. The lowest BCUT2D eigenvalue weighted by molar-refractivity contribution is -0.135. The second kappa shape index (κ2) is 7.08. The Balaban J connectivity index is 2.33. The Hall–Kier alpha value is -0.950. The molecular weight excluding hydrogens is 342 g/mol. The molecule has 22 heavy (non-hydrogen) atoms. The zero-order chi connectivity index (χ0) is 16.3.